The van der Waals surface area contributed by atoms with Crippen molar-refractivity contribution in [2.24, 2.45) is 16.7 Å². The number of carbonyl (C=O) groups is 6. The summed E-state index contributed by atoms with van der Waals surface area (Å²) in [7, 11) is -8.64. The van der Waals surface area contributed by atoms with Crippen LogP contribution in [0.1, 0.15) is 162 Å². The minimum atomic E-state index is -3.07. The SMILES string of the molecule is C/C=C/[C@H](NC(=O)OC(C)(C)C)[C@@H](O[Si](C(C)C)(C(C)C)C(C)C)C(=O)O[C@@H]1C(C)=C2[C@@H](O[Si](CC)(CC)CC)C(=O)[C@@]3(C)C(C(OC(=O)c4ccccc4)[C@@]4(OC(=O)O[C@@H]14)C2(C)C)[C@]1(OC(C)=O)CO[C@@H]1C[C@@H]3O[Si](CC)(CC)CC. The van der Waals surface area contributed by atoms with E-state index in [1.165, 1.54) is 6.92 Å². The fraction of sp³-hybridized carbons (Fsp3) is 0.742. The molecule has 1 spiro atoms. The number of amides is 1. The Bertz CT molecular complexity index is 2530. The molecule has 20 heteroatoms. The Morgan fingerprint density at radius 2 is 1.37 bits per heavy atom. The monoisotopic (exact) mass is 1200 g/mol. The number of esters is 3. The minimum Gasteiger partial charge on any atom is -0.454 e. The van der Waals surface area contributed by atoms with Crippen LogP contribution in [0.3, 0.4) is 0 Å². The van der Waals surface area contributed by atoms with Crippen LogP contribution in [0.2, 0.25) is 52.9 Å². The van der Waals surface area contributed by atoms with Gasteiger partial charge in [0.15, 0.2) is 52.4 Å². The van der Waals surface area contributed by atoms with Gasteiger partial charge in [0.05, 0.1) is 35.6 Å². The normalized spacial score (nSPS) is 29.8. The van der Waals surface area contributed by atoms with Crippen LogP contribution >= 0.6 is 0 Å². The van der Waals surface area contributed by atoms with Gasteiger partial charge in [0.1, 0.15) is 17.8 Å². The van der Waals surface area contributed by atoms with Crippen LogP contribution < -0.4 is 5.32 Å². The van der Waals surface area contributed by atoms with Crippen LogP contribution in [0.15, 0.2) is 53.6 Å². The molecule has 1 aromatic carbocycles. The van der Waals surface area contributed by atoms with Gasteiger partial charge in [0.2, 0.25) is 13.9 Å². The molecular weight excluding hydrogens is 1100 g/mol. The van der Waals surface area contributed by atoms with Gasteiger partial charge in [-0.2, -0.15) is 0 Å². The zero-order chi connectivity index (χ0) is 61.5. The Balaban J connectivity index is 1.78. The number of fused-ring (bicyclic) bond motifs is 4. The van der Waals surface area contributed by atoms with Gasteiger partial charge in [-0.1, -0.05) is 127 Å². The largest absolute Gasteiger partial charge is 0.509 e. The number of carbonyl (C=O) groups excluding carboxylic acids is 6. The topological polar surface area (TPSA) is 207 Å². The van der Waals surface area contributed by atoms with Crippen molar-refractivity contribution < 1.29 is 75.2 Å². The number of ketones is 1. The molecule has 2 aliphatic heterocycles. The van der Waals surface area contributed by atoms with Crippen molar-refractivity contribution in [1.29, 1.82) is 0 Å². The Labute approximate surface area is 492 Å². The molecule has 1 N–H and O–H groups in total. The average Bonchev–Trinajstić information content (AvgIpc) is 2.82. The molecule has 6 rings (SSSR count). The lowest BCUT2D eigenvalue weighted by molar-refractivity contribution is -0.344. The molecule has 5 aliphatic rings. The van der Waals surface area contributed by atoms with Gasteiger partial charge in [-0.25, -0.2) is 19.2 Å². The average molecular weight is 1200 g/mol. The molecule has 2 bridgehead atoms. The number of Topliss-reactive ketones (excluding diaryl/α,β-unsaturated/α-hetero) is 1. The number of alkyl carbamates (subject to hydrolysis) is 1. The van der Waals surface area contributed by atoms with Crippen LogP contribution in [0.25, 0.3) is 0 Å². The van der Waals surface area contributed by atoms with Gasteiger partial charge < -0.3 is 51.8 Å². The van der Waals surface area contributed by atoms with Gasteiger partial charge in [-0.3, -0.25) is 9.59 Å². The Hall–Kier alpha value is -4.19. The molecule has 460 valence electrons. The van der Waals surface area contributed by atoms with Gasteiger partial charge in [-0.05, 0) is 118 Å². The van der Waals surface area contributed by atoms with Crippen LogP contribution in [-0.4, -0.2) is 133 Å². The summed E-state index contributed by atoms with van der Waals surface area (Å²) < 4.78 is 69.2. The standard InChI is InChI=1S/C62H99NO16Si3/c1-22-32-43(63-56(68)75-58(16,17)18)48(79-82(37(8)9,38(10)11)39(12)13)55(67)71-47-40(14)46-49(78-81(26-5,27-6)28-7)51(65)60(21)44(77-80(23-2,24-3)25-4)35-45-61(36-70-45,74-41(15)64)50(60)53(72-54(66)42-33-30-29-31-34-42)62(59(46,19)20)52(47)73-57(69)76-62/h22,29-34,37-39,43-45,47-50,52-53H,23-28,35-36H2,1-21H3,(H,63,68)/b32-22+/t43-,44-,45+,47+,48+,49+,50?,52-,53?,60+,61-,62+/m0/s1. The van der Waals surface area contributed by atoms with Crippen molar-refractivity contribution in [2.75, 3.05) is 6.61 Å². The van der Waals surface area contributed by atoms with Crippen molar-refractivity contribution in [3.63, 3.8) is 0 Å². The third-order valence-electron chi connectivity index (χ3n) is 19.9. The summed E-state index contributed by atoms with van der Waals surface area (Å²) in [5, 5.41) is 2.92. The molecule has 3 aliphatic carbocycles. The molecule has 12 atom stereocenters. The first-order valence-electron chi connectivity index (χ1n) is 30.3. The lowest BCUT2D eigenvalue weighted by atomic mass is 9.44. The molecular formula is C62H99NO16Si3. The second-order valence-corrected chi connectivity index (χ2v) is 41.2. The molecule has 17 nitrogen and oxygen atoms in total. The second-order valence-electron chi connectivity index (χ2n) is 26.3. The molecule has 0 radical (unpaired) electrons. The van der Waals surface area contributed by atoms with Crippen molar-refractivity contribution >= 4 is 60.9 Å². The maximum Gasteiger partial charge on any atom is 0.509 e. The van der Waals surface area contributed by atoms with Crippen LogP contribution in [0.5, 0.6) is 0 Å². The maximum atomic E-state index is 17.4. The first-order valence-corrected chi connectivity index (χ1v) is 37.5. The fourth-order valence-corrected chi connectivity index (χ4v) is 26.4. The molecule has 82 heavy (non-hydrogen) atoms. The van der Waals surface area contributed by atoms with E-state index in [1.54, 1.807) is 77.1 Å². The Kier molecular flexibility index (Phi) is 20.4. The molecule has 4 fully saturated rings. The summed E-state index contributed by atoms with van der Waals surface area (Å²) in [6.45, 7) is 40.3. The zero-order valence-corrected chi connectivity index (χ0v) is 56.2. The van der Waals surface area contributed by atoms with Gasteiger partial charge >= 0.3 is 30.2 Å². The summed E-state index contributed by atoms with van der Waals surface area (Å²) in [6.07, 6.45) is -8.11. The first-order chi connectivity index (χ1) is 38.2. The van der Waals surface area contributed by atoms with Crippen molar-refractivity contribution in [3.05, 3.63) is 59.2 Å². The maximum absolute atomic E-state index is 17.4. The quantitative estimate of drug-likeness (QED) is 0.0468. The molecule has 0 aromatic heterocycles. The van der Waals surface area contributed by atoms with E-state index < -0.39 is 143 Å². The Morgan fingerprint density at radius 3 is 1.84 bits per heavy atom. The number of nitrogens with one attached hydrogen (secondary N) is 1. The van der Waals surface area contributed by atoms with Crippen molar-refractivity contribution in [2.45, 2.75) is 270 Å². The first kappa shape index (κ1) is 66.9. The minimum absolute atomic E-state index is 0.0423. The fourth-order valence-electron chi connectivity index (χ4n) is 15.3. The van der Waals surface area contributed by atoms with Gasteiger partial charge in [0, 0.05) is 18.8 Å². The summed E-state index contributed by atoms with van der Waals surface area (Å²) in [5.41, 5.74) is -7.40. The summed E-state index contributed by atoms with van der Waals surface area (Å²) in [6, 6.07) is 11.2. The third kappa shape index (κ3) is 11.5. The highest BCUT2D eigenvalue weighted by Gasteiger charge is 2.83. The lowest BCUT2D eigenvalue weighted by Gasteiger charge is -2.68. The number of hydrogen-bond donors (Lipinski definition) is 1. The highest BCUT2D eigenvalue weighted by atomic mass is 28.4. The number of allylic oxidation sites excluding steroid dienone is 1. The highest BCUT2D eigenvalue weighted by molar-refractivity contribution is 6.78. The molecule has 2 unspecified atom stereocenters. The summed E-state index contributed by atoms with van der Waals surface area (Å²) >= 11 is 0. The summed E-state index contributed by atoms with van der Waals surface area (Å²) in [5.74, 6) is -4.22. The van der Waals surface area contributed by atoms with Crippen LogP contribution in [-0.2, 0) is 60.8 Å². The van der Waals surface area contributed by atoms with E-state index in [4.69, 9.17) is 46.4 Å². The molecule has 2 heterocycles. The lowest BCUT2D eigenvalue weighted by Crippen LogP contribution is -2.84. The van der Waals surface area contributed by atoms with E-state index in [1.807, 2.05) is 20.8 Å². The highest BCUT2D eigenvalue weighted by Crippen LogP contribution is 2.68. The number of hydrogen-bond acceptors (Lipinski definition) is 16. The predicted octanol–water partition coefficient (Wildman–Crippen LogP) is 12.9. The van der Waals surface area contributed by atoms with E-state index in [0.29, 0.717) is 29.3 Å². The van der Waals surface area contributed by atoms with E-state index in [9.17, 15) is 14.4 Å². The number of rotatable bonds is 23. The van der Waals surface area contributed by atoms with E-state index in [0.717, 1.165) is 18.1 Å². The second kappa shape index (κ2) is 25.0. The Morgan fingerprint density at radius 1 is 0.817 bits per heavy atom. The van der Waals surface area contributed by atoms with Gasteiger partial charge in [0.25, 0.3) is 0 Å². The molecule has 1 amide bonds. The van der Waals surface area contributed by atoms with E-state index in [2.05, 4.69) is 88.4 Å². The summed E-state index contributed by atoms with van der Waals surface area (Å²) in [4.78, 5) is 91.6. The number of ether oxygens (including phenoxy) is 7. The van der Waals surface area contributed by atoms with Crippen LogP contribution in [0.4, 0.5) is 9.59 Å². The molecule has 1 aromatic rings. The smallest absolute Gasteiger partial charge is 0.454 e. The van der Waals surface area contributed by atoms with E-state index >= 15 is 14.4 Å². The molecule has 2 saturated heterocycles. The van der Waals surface area contributed by atoms with Gasteiger partial charge in [-0.15, -0.1) is 0 Å². The zero-order valence-electron chi connectivity index (χ0n) is 53.2. The van der Waals surface area contributed by atoms with Crippen molar-refractivity contribution in [3.8, 4) is 0 Å². The predicted molar refractivity (Wildman–Crippen MR) is 320 cm³/mol. The van der Waals surface area contributed by atoms with Crippen molar-refractivity contribution in [1.82, 2.24) is 5.32 Å². The van der Waals surface area contributed by atoms with Crippen LogP contribution in [0, 0.1) is 16.7 Å². The molecule has 2 saturated carbocycles. The number of benzene rings is 1. The van der Waals surface area contributed by atoms with E-state index in [-0.39, 0.29) is 35.2 Å². The third-order valence-corrected chi connectivity index (χ3v) is 35.2.